The third kappa shape index (κ3) is 5.11. The Morgan fingerprint density at radius 1 is 1.09 bits per heavy atom. The number of nitrogens with zero attached hydrogens (tertiary/aromatic N) is 1. The zero-order valence-corrected chi connectivity index (χ0v) is 13.9. The predicted octanol–water partition coefficient (Wildman–Crippen LogP) is 3.61. The van der Waals surface area contributed by atoms with Crippen molar-refractivity contribution in [2.24, 2.45) is 0 Å². The van der Waals surface area contributed by atoms with Crippen LogP contribution in [-0.2, 0) is 11.2 Å². The smallest absolute Gasteiger partial charge is 0.253 e. The van der Waals surface area contributed by atoms with E-state index in [9.17, 15) is 9.59 Å². The normalized spacial score (nSPS) is 10.2. The number of amides is 2. The molecule has 0 unspecified atom stereocenters. The van der Waals surface area contributed by atoms with Gasteiger partial charge in [-0.3, -0.25) is 9.59 Å². The fourth-order valence-corrected chi connectivity index (χ4v) is 2.37. The fourth-order valence-electron chi connectivity index (χ4n) is 2.16. The highest BCUT2D eigenvalue weighted by Crippen LogP contribution is 2.14. The second-order valence-electron chi connectivity index (χ2n) is 5.46. The number of hydrogen-bond acceptors (Lipinski definition) is 2. The third-order valence-electron chi connectivity index (χ3n) is 3.33. The van der Waals surface area contributed by atoms with Gasteiger partial charge >= 0.3 is 0 Å². The van der Waals surface area contributed by atoms with Gasteiger partial charge in [-0.15, -0.1) is 0 Å². The largest absolute Gasteiger partial charge is 0.345 e. The Morgan fingerprint density at radius 2 is 1.83 bits per heavy atom. The Balaban J connectivity index is 1.95. The summed E-state index contributed by atoms with van der Waals surface area (Å²) < 4.78 is 0. The molecule has 2 aromatic carbocycles. The lowest BCUT2D eigenvalue weighted by molar-refractivity contribution is -0.116. The quantitative estimate of drug-likeness (QED) is 0.910. The molecular formula is C18H19ClN2O2. The molecular weight excluding hydrogens is 312 g/mol. The van der Waals surface area contributed by atoms with Gasteiger partial charge in [0.15, 0.2) is 0 Å². The van der Waals surface area contributed by atoms with E-state index in [1.165, 1.54) is 4.90 Å². The van der Waals surface area contributed by atoms with Gasteiger partial charge in [-0.25, -0.2) is 0 Å². The summed E-state index contributed by atoms with van der Waals surface area (Å²) in [7, 11) is 3.39. The first-order valence-corrected chi connectivity index (χ1v) is 7.69. The Hall–Kier alpha value is -2.33. The molecule has 5 heteroatoms. The molecule has 0 aliphatic carbocycles. The van der Waals surface area contributed by atoms with Gasteiger partial charge in [0.1, 0.15) is 0 Å². The van der Waals surface area contributed by atoms with Crippen LogP contribution in [0.25, 0.3) is 0 Å². The minimum absolute atomic E-state index is 0.0972. The van der Waals surface area contributed by atoms with Crippen molar-refractivity contribution in [3.05, 3.63) is 64.7 Å². The predicted molar refractivity (Wildman–Crippen MR) is 92.9 cm³/mol. The zero-order chi connectivity index (χ0) is 16.8. The topological polar surface area (TPSA) is 49.4 Å². The summed E-state index contributed by atoms with van der Waals surface area (Å²) in [5.74, 6) is -0.195. The Labute approximate surface area is 141 Å². The van der Waals surface area contributed by atoms with E-state index in [0.29, 0.717) is 29.1 Å². The first-order valence-electron chi connectivity index (χ1n) is 7.32. The second kappa shape index (κ2) is 7.79. The minimum Gasteiger partial charge on any atom is -0.345 e. The van der Waals surface area contributed by atoms with Crippen molar-refractivity contribution in [2.75, 3.05) is 19.4 Å². The van der Waals surface area contributed by atoms with Crippen LogP contribution >= 0.6 is 11.6 Å². The van der Waals surface area contributed by atoms with Crippen LogP contribution in [0.15, 0.2) is 48.5 Å². The van der Waals surface area contributed by atoms with Crippen molar-refractivity contribution < 1.29 is 9.59 Å². The molecule has 4 nitrogen and oxygen atoms in total. The maximum absolute atomic E-state index is 12.0. The number of rotatable bonds is 5. The number of anilines is 1. The first-order chi connectivity index (χ1) is 11.0. The van der Waals surface area contributed by atoms with Crippen LogP contribution in [-0.4, -0.2) is 30.8 Å². The molecule has 23 heavy (non-hydrogen) atoms. The summed E-state index contributed by atoms with van der Waals surface area (Å²) >= 11 is 5.93. The van der Waals surface area contributed by atoms with Crippen LogP contribution in [0.3, 0.4) is 0 Å². The van der Waals surface area contributed by atoms with Gasteiger partial charge in [-0.05, 0) is 42.3 Å². The second-order valence-corrected chi connectivity index (χ2v) is 5.89. The zero-order valence-electron chi connectivity index (χ0n) is 13.2. The van der Waals surface area contributed by atoms with Gasteiger partial charge in [0, 0.05) is 36.8 Å². The van der Waals surface area contributed by atoms with E-state index in [1.54, 1.807) is 44.4 Å². The average Bonchev–Trinajstić information content (AvgIpc) is 2.52. The SMILES string of the molecule is CN(C)C(=O)c1cccc(NC(=O)CCc2cccc(Cl)c2)c1. The number of carbonyl (C=O) groups is 2. The molecule has 0 atom stereocenters. The minimum atomic E-state index is -0.0978. The average molecular weight is 331 g/mol. The van der Waals surface area contributed by atoms with Gasteiger partial charge in [-0.2, -0.15) is 0 Å². The number of hydrogen-bond donors (Lipinski definition) is 1. The molecule has 0 aliphatic heterocycles. The lowest BCUT2D eigenvalue weighted by atomic mass is 10.1. The van der Waals surface area contributed by atoms with Gasteiger partial charge < -0.3 is 10.2 Å². The molecule has 0 aliphatic rings. The van der Waals surface area contributed by atoms with Crippen molar-refractivity contribution in [3.63, 3.8) is 0 Å². The van der Waals surface area contributed by atoms with Crippen molar-refractivity contribution in [1.82, 2.24) is 4.90 Å². The van der Waals surface area contributed by atoms with E-state index in [-0.39, 0.29) is 11.8 Å². The van der Waals surface area contributed by atoms with E-state index >= 15 is 0 Å². The maximum Gasteiger partial charge on any atom is 0.253 e. The molecule has 0 saturated heterocycles. The fraction of sp³-hybridized carbons (Fsp3) is 0.222. The van der Waals surface area contributed by atoms with E-state index in [0.717, 1.165) is 5.56 Å². The molecule has 1 N–H and O–H groups in total. The van der Waals surface area contributed by atoms with E-state index in [4.69, 9.17) is 11.6 Å². The molecule has 0 spiro atoms. The first kappa shape index (κ1) is 17.0. The van der Waals surface area contributed by atoms with Crippen LogP contribution in [0.2, 0.25) is 5.02 Å². The number of benzene rings is 2. The molecule has 0 fully saturated rings. The van der Waals surface area contributed by atoms with Gasteiger partial charge in [0.25, 0.3) is 5.91 Å². The summed E-state index contributed by atoms with van der Waals surface area (Å²) in [5, 5.41) is 3.48. The molecule has 0 heterocycles. The van der Waals surface area contributed by atoms with E-state index in [1.807, 2.05) is 18.2 Å². The molecule has 0 saturated carbocycles. The Morgan fingerprint density at radius 3 is 2.52 bits per heavy atom. The molecule has 2 amide bonds. The monoisotopic (exact) mass is 330 g/mol. The van der Waals surface area contributed by atoms with E-state index in [2.05, 4.69) is 5.32 Å². The molecule has 0 aromatic heterocycles. The highest BCUT2D eigenvalue weighted by atomic mass is 35.5. The molecule has 120 valence electrons. The summed E-state index contributed by atoms with van der Waals surface area (Å²) in [5.41, 5.74) is 2.18. The molecule has 0 bridgehead atoms. The summed E-state index contributed by atoms with van der Waals surface area (Å²) in [6.45, 7) is 0. The number of nitrogens with one attached hydrogen (secondary N) is 1. The molecule has 2 rings (SSSR count). The van der Waals surface area contributed by atoms with Crippen LogP contribution < -0.4 is 5.32 Å². The third-order valence-corrected chi connectivity index (χ3v) is 3.56. The maximum atomic E-state index is 12.0. The van der Waals surface area contributed by atoms with E-state index < -0.39 is 0 Å². The Bertz CT molecular complexity index is 714. The summed E-state index contributed by atoms with van der Waals surface area (Å²) in [6, 6.07) is 14.4. The molecule has 2 aromatic rings. The highest BCUT2D eigenvalue weighted by Gasteiger charge is 2.09. The Kier molecular flexibility index (Phi) is 5.77. The van der Waals surface area contributed by atoms with Crippen LogP contribution in [0, 0.1) is 0 Å². The van der Waals surface area contributed by atoms with Crippen molar-refractivity contribution >= 4 is 29.1 Å². The standard InChI is InChI=1S/C18H19ClN2O2/c1-21(2)18(23)14-6-4-8-16(12-14)20-17(22)10-9-13-5-3-7-15(19)11-13/h3-8,11-12H,9-10H2,1-2H3,(H,20,22). The lowest BCUT2D eigenvalue weighted by Crippen LogP contribution is -2.22. The van der Waals surface area contributed by atoms with Gasteiger partial charge in [-0.1, -0.05) is 29.8 Å². The van der Waals surface area contributed by atoms with Gasteiger partial charge in [0.05, 0.1) is 0 Å². The summed E-state index contributed by atoms with van der Waals surface area (Å²) in [4.78, 5) is 25.5. The van der Waals surface area contributed by atoms with Gasteiger partial charge in [0.2, 0.25) is 5.91 Å². The van der Waals surface area contributed by atoms with Crippen molar-refractivity contribution in [3.8, 4) is 0 Å². The highest BCUT2D eigenvalue weighted by molar-refractivity contribution is 6.30. The number of halogens is 1. The van der Waals surface area contributed by atoms with Crippen LogP contribution in [0.5, 0.6) is 0 Å². The number of aryl methyl sites for hydroxylation is 1. The lowest BCUT2D eigenvalue weighted by Gasteiger charge is -2.11. The number of carbonyl (C=O) groups excluding carboxylic acids is 2. The van der Waals surface area contributed by atoms with Crippen LogP contribution in [0.1, 0.15) is 22.3 Å². The van der Waals surface area contributed by atoms with Crippen molar-refractivity contribution in [2.45, 2.75) is 12.8 Å². The summed E-state index contributed by atoms with van der Waals surface area (Å²) in [6.07, 6.45) is 0.967. The molecule has 0 radical (unpaired) electrons. The van der Waals surface area contributed by atoms with Crippen LogP contribution in [0.4, 0.5) is 5.69 Å². The van der Waals surface area contributed by atoms with Crippen molar-refractivity contribution in [1.29, 1.82) is 0 Å².